The summed E-state index contributed by atoms with van der Waals surface area (Å²) < 4.78 is 110. The largest absolute Gasteiger partial charge is 0.483 e. The number of carbonyl (C=O) groups excluding carboxylic acids is 1. The molecule has 2 N–H and O–H groups in total. The number of fused-ring (bicyclic) bond motifs is 1. The van der Waals surface area contributed by atoms with E-state index in [9.17, 15) is 49.9 Å². The quantitative estimate of drug-likeness (QED) is 0.332. The molecule has 0 aromatic heterocycles. The molecule has 1 fully saturated rings. The molecule has 1 amide bonds. The van der Waals surface area contributed by atoms with E-state index in [4.69, 9.17) is 4.74 Å². The Labute approximate surface area is 230 Å². The van der Waals surface area contributed by atoms with Crippen molar-refractivity contribution in [1.82, 2.24) is 4.90 Å². The number of aliphatic hydroxyl groups is 1. The highest BCUT2D eigenvalue weighted by atomic mass is 32.2. The Morgan fingerprint density at radius 1 is 1.15 bits per heavy atom. The number of anilines is 1. The maximum Gasteiger partial charge on any atom is 0.430 e. The molecule has 2 aromatic carbocycles. The van der Waals surface area contributed by atoms with Crippen LogP contribution in [0.5, 0.6) is 0 Å². The Morgan fingerprint density at radius 2 is 1.73 bits per heavy atom. The van der Waals surface area contributed by atoms with E-state index in [0.29, 0.717) is 36.1 Å². The number of benzene rings is 2. The molecule has 1 atom stereocenters. The first kappa shape index (κ1) is 30.2. The summed E-state index contributed by atoms with van der Waals surface area (Å²) in [6.07, 6.45) is -11.2. The van der Waals surface area contributed by atoms with Gasteiger partial charge in [-0.15, -0.1) is 0 Å². The Kier molecular flexibility index (Phi) is 7.33. The van der Waals surface area contributed by atoms with Crippen LogP contribution in [0.25, 0.3) is 0 Å². The van der Waals surface area contributed by atoms with Crippen molar-refractivity contribution in [2.24, 2.45) is 5.41 Å². The molecule has 0 bridgehead atoms. The molecule has 1 aliphatic carbocycles. The second kappa shape index (κ2) is 9.95. The van der Waals surface area contributed by atoms with Crippen molar-refractivity contribution in [2.45, 2.75) is 48.3 Å². The minimum absolute atomic E-state index is 0.00399. The first-order chi connectivity index (χ1) is 18.9. The molecule has 1 unspecified atom stereocenters. The fraction of sp³-hybridized carbons (Fsp3) is 0.385. The van der Waals surface area contributed by atoms with Gasteiger partial charge < -0.3 is 20.1 Å². The molecule has 0 saturated heterocycles. The van der Waals surface area contributed by atoms with Gasteiger partial charge in [0, 0.05) is 17.8 Å². The molecule has 1 heterocycles. The lowest BCUT2D eigenvalue weighted by Crippen LogP contribution is -2.53. The van der Waals surface area contributed by atoms with Gasteiger partial charge in [0.25, 0.3) is 11.5 Å². The standard InChI is InChI=1S/C26H23F6N3O5S/c1-15(40-2)35-12-16-11-19(41(38,39)14-23(13-33)9-10-23)7-8-20(16)21(35)22(36)34-18-5-3-17(4-6-18)24(37,25(27,28)29)26(30,31)32/h3-8,11,21,37H,1,9-10,12,14H2,2H3,(H,34,36). The van der Waals surface area contributed by atoms with E-state index < -0.39 is 50.7 Å². The van der Waals surface area contributed by atoms with E-state index in [0.717, 1.165) is 12.1 Å². The summed E-state index contributed by atoms with van der Waals surface area (Å²) in [5.74, 6) is -1.09. The maximum absolute atomic E-state index is 13.3. The van der Waals surface area contributed by atoms with Gasteiger partial charge in [0.2, 0.25) is 0 Å². The van der Waals surface area contributed by atoms with Crippen LogP contribution in [0.3, 0.4) is 0 Å². The highest BCUT2D eigenvalue weighted by Gasteiger charge is 2.71. The zero-order valence-electron chi connectivity index (χ0n) is 21.3. The van der Waals surface area contributed by atoms with Crippen LogP contribution in [0.15, 0.2) is 59.8 Å². The maximum atomic E-state index is 13.3. The number of ether oxygens (including phenoxy) is 1. The highest BCUT2D eigenvalue weighted by molar-refractivity contribution is 7.91. The van der Waals surface area contributed by atoms with E-state index in [-0.39, 0.29) is 28.8 Å². The van der Waals surface area contributed by atoms with Gasteiger partial charge in [0.05, 0.1) is 29.2 Å². The van der Waals surface area contributed by atoms with E-state index in [1.165, 1.54) is 30.2 Å². The fourth-order valence-corrected chi connectivity index (χ4v) is 6.48. The van der Waals surface area contributed by atoms with Gasteiger partial charge >= 0.3 is 12.4 Å². The van der Waals surface area contributed by atoms with Crippen LogP contribution in [0.2, 0.25) is 0 Å². The second-order valence-electron chi connectivity index (χ2n) is 9.91. The number of nitrogens with one attached hydrogen (secondary N) is 1. The molecule has 8 nitrogen and oxygen atoms in total. The lowest BCUT2D eigenvalue weighted by Gasteiger charge is -2.32. The summed E-state index contributed by atoms with van der Waals surface area (Å²) in [6.45, 7) is 3.73. The number of carbonyl (C=O) groups is 1. The molecule has 2 aromatic rings. The summed E-state index contributed by atoms with van der Waals surface area (Å²) in [6, 6.07) is 7.33. The molecule has 2 aliphatic rings. The van der Waals surface area contributed by atoms with E-state index in [2.05, 4.69) is 11.9 Å². The van der Waals surface area contributed by atoms with Gasteiger partial charge in [0.15, 0.2) is 15.7 Å². The van der Waals surface area contributed by atoms with E-state index in [1.54, 1.807) is 0 Å². The number of amides is 1. The Balaban J connectivity index is 1.62. The van der Waals surface area contributed by atoms with E-state index >= 15 is 0 Å². The average Bonchev–Trinajstić information content (AvgIpc) is 3.54. The van der Waals surface area contributed by atoms with Gasteiger partial charge in [-0.1, -0.05) is 18.2 Å². The third kappa shape index (κ3) is 5.33. The lowest BCUT2D eigenvalue weighted by atomic mass is 9.92. The first-order valence-corrected chi connectivity index (χ1v) is 13.6. The number of methoxy groups -OCH3 is 1. The summed E-state index contributed by atoms with van der Waals surface area (Å²) in [4.78, 5) is 14.7. The minimum Gasteiger partial charge on any atom is -0.483 e. The van der Waals surface area contributed by atoms with Crippen molar-refractivity contribution >= 4 is 21.4 Å². The fourth-order valence-electron chi connectivity index (χ4n) is 4.63. The van der Waals surface area contributed by atoms with Gasteiger partial charge in [-0.05, 0) is 54.8 Å². The number of halogens is 6. The second-order valence-corrected chi connectivity index (χ2v) is 11.9. The van der Waals surface area contributed by atoms with E-state index in [1.807, 2.05) is 6.07 Å². The lowest BCUT2D eigenvalue weighted by molar-refractivity contribution is -0.376. The first-order valence-electron chi connectivity index (χ1n) is 11.9. The third-order valence-electron chi connectivity index (χ3n) is 7.17. The molecule has 1 aliphatic heterocycles. The van der Waals surface area contributed by atoms with Crippen LogP contribution >= 0.6 is 0 Å². The zero-order valence-corrected chi connectivity index (χ0v) is 22.1. The van der Waals surface area contributed by atoms with Crippen molar-refractivity contribution in [3.05, 3.63) is 71.6 Å². The van der Waals surface area contributed by atoms with Crippen LogP contribution in [0.4, 0.5) is 32.0 Å². The highest BCUT2D eigenvalue weighted by Crippen LogP contribution is 2.50. The van der Waals surface area contributed by atoms with Crippen LogP contribution in [-0.2, 0) is 31.5 Å². The molecular formula is C26H23F6N3O5S. The number of sulfone groups is 1. The topological polar surface area (TPSA) is 120 Å². The van der Waals surface area contributed by atoms with Gasteiger partial charge in [-0.3, -0.25) is 4.79 Å². The number of nitriles is 1. The number of nitrogens with zero attached hydrogens (tertiary/aromatic N) is 2. The van der Waals surface area contributed by atoms with Crippen molar-refractivity contribution < 1.29 is 49.4 Å². The van der Waals surface area contributed by atoms with Crippen LogP contribution < -0.4 is 5.32 Å². The molecule has 0 radical (unpaired) electrons. The Morgan fingerprint density at radius 3 is 2.22 bits per heavy atom. The Bertz CT molecular complexity index is 1510. The minimum atomic E-state index is -6.06. The summed E-state index contributed by atoms with van der Waals surface area (Å²) in [5.41, 5.74) is -6.91. The molecular weight excluding hydrogens is 580 g/mol. The SMILES string of the molecule is C=C(OC)N1Cc2cc(S(=O)(=O)CC3(C#N)CC3)ccc2C1C(=O)Nc1ccc(C(O)(C(F)(F)F)C(F)(F)F)cc1. The van der Waals surface area contributed by atoms with Crippen molar-refractivity contribution in [2.75, 3.05) is 18.2 Å². The molecule has 220 valence electrons. The van der Waals surface area contributed by atoms with Gasteiger partial charge in [-0.2, -0.15) is 31.6 Å². The van der Waals surface area contributed by atoms with Crippen LogP contribution in [-0.4, -0.2) is 49.5 Å². The van der Waals surface area contributed by atoms with Crippen molar-refractivity contribution in [3.63, 3.8) is 0 Å². The predicted octanol–water partition coefficient (Wildman–Crippen LogP) is 4.69. The van der Waals surface area contributed by atoms with Crippen molar-refractivity contribution in [1.29, 1.82) is 5.26 Å². The number of hydrogen-bond acceptors (Lipinski definition) is 7. The molecule has 1 saturated carbocycles. The molecule has 41 heavy (non-hydrogen) atoms. The molecule has 4 rings (SSSR count). The summed E-state index contributed by atoms with van der Waals surface area (Å²) in [7, 11) is -2.55. The van der Waals surface area contributed by atoms with Crippen LogP contribution in [0, 0.1) is 16.7 Å². The normalized spacial score (nSPS) is 18.3. The average molecular weight is 604 g/mol. The molecule has 15 heteroatoms. The Hall–Kier alpha value is -3.77. The summed E-state index contributed by atoms with van der Waals surface area (Å²) >= 11 is 0. The third-order valence-corrected chi connectivity index (χ3v) is 9.08. The number of hydrogen-bond donors (Lipinski definition) is 2. The number of rotatable bonds is 8. The monoisotopic (exact) mass is 603 g/mol. The predicted molar refractivity (Wildman–Crippen MR) is 131 cm³/mol. The van der Waals surface area contributed by atoms with Crippen LogP contribution in [0.1, 0.15) is 35.6 Å². The zero-order chi connectivity index (χ0) is 30.6. The molecule has 0 spiro atoms. The smallest absolute Gasteiger partial charge is 0.430 e. The van der Waals surface area contributed by atoms with Crippen molar-refractivity contribution in [3.8, 4) is 6.07 Å². The van der Waals surface area contributed by atoms with Gasteiger partial charge in [0.1, 0.15) is 6.04 Å². The number of alkyl halides is 6. The van der Waals surface area contributed by atoms with Gasteiger partial charge in [-0.25, -0.2) is 8.42 Å². The summed E-state index contributed by atoms with van der Waals surface area (Å²) in [5, 5.41) is 21.3.